The molecule has 0 spiro atoms. The Labute approximate surface area is 207 Å². The minimum absolute atomic E-state index is 0.0381. The Hall–Kier alpha value is -4.21. The minimum Gasteiger partial charge on any atom is -0.485 e. The number of fused-ring (bicyclic) bond motifs is 1. The number of hydrogen-bond donors (Lipinski definition) is 0. The van der Waals surface area contributed by atoms with Crippen molar-refractivity contribution in [2.75, 3.05) is 31.2 Å². The SMILES string of the molecule is CCN(CC)C(=O)c1coc(CN2C(=O)COc3ccc(C(=O)COc4ccc(F)cc4C)cc32)n1. The van der Waals surface area contributed by atoms with Crippen LogP contribution in [0.1, 0.15) is 46.1 Å². The van der Waals surface area contributed by atoms with Gasteiger partial charge in [-0.25, -0.2) is 9.37 Å². The first-order chi connectivity index (χ1) is 17.3. The van der Waals surface area contributed by atoms with Crippen molar-refractivity contribution in [3.63, 3.8) is 0 Å². The summed E-state index contributed by atoms with van der Waals surface area (Å²) in [5.74, 6) is -0.315. The van der Waals surface area contributed by atoms with E-state index in [0.29, 0.717) is 41.4 Å². The maximum atomic E-state index is 13.3. The third-order valence-corrected chi connectivity index (χ3v) is 5.83. The van der Waals surface area contributed by atoms with Gasteiger partial charge in [0.2, 0.25) is 5.89 Å². The third-order valence-electron chi connectivity index (χ3n) is 5.83. The van der Waals surface area contributed by atoms with Gasteiger partial charge in [0.25, 0.3) is 11.8 Å². The molecule has 2 aromatic carbocycles. The molecular formula is C26H26FN3O6. The normalized spacial score (nSPS) is 12.7. The van der Waals surface area contributed by atoms with Gasteiger partial charge in [0, 0.05) is 18.7 Å². The number of carbonyl (C=O) groups excluding carboxylic acids is 3. The number of anilines is 1. The number of aromatic nitrogens is 1. The Morgan fingerprint density at radius 3 is 2.67 bits per heavy atom. The third kappa shape index (κ3) is 5.22. The number of hydrogen-bond acceptors (Lipinski definition) is 7. The van der Waals surface area contributed by atoms with E-state index in [2.05, 4.69) is 4.98 Å². The monoisotopic (exact) mass is 495 g/mol. The molecule has 0 saturated carbocycles. The molecule has 1 aliphatic heterocycles. The molecule has 1 aliphatic rings. The molecule has 9 nitrogen and oxygen atoms in total. The van der Waals surface area contributed by atoms with Crippen LogP contribution in [-0.4, -0.2) is 53.8 Å². The summed E-state index contributed by atoms with van der Waals surface area (Å²) >= 11 is 0. The second kappa shape index (κ2) is 10.6. The molecule has 0 aliphatic carbocycles. The zero-order valence-corrected chi connectivity index (χ0v) is 20.2. The zero-order valence-electron chi connectivity index (χ0n) is 20.2. The quantitative estimate of drug-likeness (QED) is 0.416. The van der Waals surface area contributed by atoms with Crippen molar-refractivity contribution in [3.05, 3.63) is 71.2 Å². The Balaban J connectivity index is 1.51. The molecule has 10 heteroatoms. The van der Waals surface area contributed by atoms with Gasteiger partial charge in [-0.3, -0.25) is 19.3 Å². The molecule has 0 fully saturated rings. The maximum absolute atomic E-state index is 13.3. The first-order valence-corrected chi connectivity index (χ1v) is 11.5. The van der Waals surface area contributed by atoms with Crippen molar-refractivity contribution in [2.24, 2.45) is 0 Å². The molecule has 4 rings (SSSR count). The standard InChI is InChI=1S/C26H26FN3O6/c1-4-29(5-2)26(33)19-13-36-24(28-19)12-30-20-11-17(6-8-23(20)35-15-25(30)32)21(31)14-34-22-9-7-18(27)10-16(22)3/h6-11,13H,4-5,12,14-15H2,1-3H3. The van der Waals surface area contributed by atoms with E-state index in [1.807, 2.05) is 13.8 Å². The minimum atomic E-state index is -0.388. The van der Waals surface area contributed by atoms with Gasteiger partial charge in [0.1, 0.15) is 30.1 Å². The largest absolute Gasteiger partial charge is 0.485 e. The Morgan fingerprint density at radius 2 is 1.94 bits per heavy atom. The van der Waals surface area contributed by atoms with Crippen molar-refractivity contribution < 1.29 is 32.7 Å². The van der Waals surface area contributed by atoms with E-state index < -0.39 is 0 Å². The van der Waals surface area contributed by atoms with E-state index in [4.69, 9.17) is 13.9 Å². The summed E-state index contributed by atoms with van der Waals surface area (Å²) in [6.45, 7) is 6.01. The molecule has 0 saturated heterocycles. The molecule has 3 aromatic rings. The van der Waals surface area contributed by atoms with Gasteiger partial charge in [0.05, 0.1) is 5.69 Å². The summed E-state index contributed by atoms with van der Waals surface area (Å²) in [6.07, 6.45) is 1.27. The molecule has 2 amide bonds. The average Bonchev–Trinajstić information content (AvgIpc) is 3.34. The number of rotatable bonds is 9. The number of aryl methyl sites for hydroxylation is 1. The van der Waals surface area contributed by atoms with Crippen LogP contribution in [0.15, 0.2) is 47.1 Å². The Bertz CT molecular complexity index is 1300. The fraction of sp³-hybridized carbons (Fsp3) is 0.308. The summed E-state index contributed by atoms with van der Waals surface area (Å²) < 4.78 is 29.9. The highest BCUT2D eigenvalue weighted by molar-refractivity contribution is 6.02. The lowest BCUT2D eigenvalue weighted by atomic mass is 10.1. The topological polar surface area (TPSA) is 102 Å². The van der Waals surface area contributed by atoms with E-state index in [0.717, 1.165) is 0 Å². The molecular weight excluding hydrogens is 469 g/mol. The summed E-state index contributed by atoms with van der Waals surface area (Å²) in [4.78, 5) is 45.3. The van der Waals surface area contributed by atoms with Crippen LogP contribution in [-0.2, 0) is 11.3 Å². The van der Waals surface area contributed by atoms with Gasteiger partial charge in [-0.1, -0.05) is 0 Å². The van der Waals surface area contributed by atoms with Crippen LogP contribution in [0.25, 0.3) is 0 Å². The van der Waals surface area contributed by atoms with E-state index in [-0.39, 0.29) is 54.8 Å². The molecule has 36 heavy (non-hydrogen) atoms. The summed E-state index contributed by atoms with van der Waals surface area (Å²) in [5, 5.41) is 0. The van der Waals surface area contributed by atoms with Gasteiger partial charge < -0.3 is 18.8 Å². The number of halogens is 1. The lowest BCUT2D eigenvalue weighted by Crippen LogP contribution is -2.38. The van der Waals surface area contributed by atoms with Crippen molar-refractivity contribution in [1.82, 2.24) is 9.88 Å². The van der Waals surface area contributed by atoms with Crippen LogP contribution in [0.5, 0.6) is 11.5 Å². The summed E-state index contributed by atoms with van der Waals surface area (Å²) in [7, 11) is 0. The highest BCUT2D eigenvalue weighted by Crippen LogP contribution is 2.34. The van der Waals surface area contributed by atoms with E-state index in [1.165, 1.54) is 29.4 Å². The number of oxazole rings is 1. The second-order valence-electron chi connectivity index (χ2n) is 8.18. The highest BCUT2D eigenvalue weighted by Gasteiger charge is 2.29. The number of Topliss-reactive ketones (excluding diaryl/α,β-unsaturated/α-hetero) is 1. The van der Waals surface area contributed by atoms with Crippen LogP contribution in [0.3, 0.4) is 0 Å². The molecule has 0 N–H and O–H groups in total. The van der Waals surface area contributed by atoms with Crippen molar-refractivity contribution in [1.29, 1.82) is 0 Å². The molecule has 0 unspecified atom stereocenters. The molecule has 0 bridgehead atoms. The fourth-order valence-corrected chi connectivity index (χ4v) is 3.84. The van der Waals surface area contributed by atoms with E-state index >= 15 is 0 Å². The first-order valence-electron chi connectivity index (χ1n) is 11.5. The zero-order chi connectivity index (χ0) is 25.8. The van der Waals surface area contributed by atoms with Gasteiger partial charge in [-0.2, -0.15) is 0 Å². The van der Waals surface area contributed by atoms with Crippen LogP contribution in [0.4, 0.5) is 10.1 Å². The van der Waals surface area contributed by atoms with Crippen LogP contribution in [0, 0.1) is 12.7 Å². The predicted molar refractivity (Wildman–Crippen MR) is 128 cm³/mol. The Kier molecular flexibility index (Phi) is 7.33. The van der Waals surface area contributed by atoms with Crippen molar-refractivity contribution in [3.8, 4) is 11.5 Å². The van der Waals surface area contributed by atoms with Gasteiger partial charge in [-0.15, -0.1) is 0 Å². The van der Waals surface area contributed by atoms with Gasteiger partial charge >= 0.3 is 0 Å². The van der Waals surface area contributed by atoms with Gasteiger partial charge in [0.15, 0.2) is 24.7 Å². The Morgan fingerprint density at radius 1 is 1.17 bits per heavy atom. The number of nitrogens with zero attached hydrogens (tertiary/aromatic N) is 3. The second-order valence-corrected chi connectivity index (χ2v) is 8.18. The maximum Gasteiger partial charge on any atom is 0.275 e. The van der Waals surface area contributed by atoms with Crippen molar-refractivity contribution in [2.45, 2.75) is 27.3 Å². The van der Waals surface area contributed by atoms with Crippen LogP contribution >= 0.6 is 0 Å². The lowest BCUT2D eigenvalue weighted by molar-refractivity contribution is -0.121. The fourth-order valence-electron chi connectivity index (χ4n) is 3.84. The van der Waals surface area contributed by atoms with E-state index in [1.54, 1.807) is 30.0 Å². The number of carbonyl (C=O) groups is 3. The molecule has 0 radical (unpaired) electrons. The first kappa shape index (κ1) is 24.9. The number of ketones is 1. The predicted octanol–water partition coefficient (Wildman–Crippen LogP) is 3.79. The highest BCUT2D eigenvalue weighted by atomic mass is 19.1. The number of ether oxygens (including phenoxy) is 2. The molecule has 188 valence electrons. The van der Waals surface area contributed by atoms with Crippen molar-refractivity contribution >= 4 is 23.3 Å². The van der Waals surface area contributed by atoms with E-state index in [9.17, 15) is 18.8 Å². The number of benzene rings is 2. The molecule has 2 heterocycles. The average molecular weight is 496 g/mol. The molecule has 1 aromatic heterocycles. The smallest absolute Gasteiger partial charge is 0.275 e. The summed E-state index contributed by atoms with van der Waals surface area (Å²) in [5.41, 5.74) is 1.42. The van der Waals surface area contributed by atoms with Gasteiger partial charge in [-0.05, 0) is 62.7 Å². The molecule has 0 atom stereocenters. The van der Waals surface area contributed by atoms with Crippen LogP contribution in [0.2, 0.25) is 0 Å². The number of amides is 2. The summed E-state index contributed by atoms with van der Waals surface area (Å²) in [6, 6.07) is 8.78. The van der Waals surface area contributed by atoms with Crippen LogP contribution < -0.4 is 14.4 Å². The lowest BCUT2D eigenvalue weighted by Gasteiger charge is -2.28.